The Balaban J connectivity index is 1.56. The van der Waals surface area contributed by atoms with Gasteiger partial charge < -0.3 is 4.90 Å². The number of carbonyl (C=O) groups is 1. The molecule has 2 aromatic rings. The lowest BCUT2D eigenvalue weighted by atomic mass is 9.95. The molecule has 1 saturated carbocycles. The first-order chi connectivity index (χ1) is 11.8. The summed E-state index contributed by atoms with van der Waals surface area (Å²) < 4.78 is 0. The lowest BCUT2D eigenvalue weighted by molar-refractivity contribution is 0.0722. The molecule has 0 spiro atoms. The molecule has 0 bridgehead atoms. The minimum atomic E-state index is 0.108. The zero-order valence-electron chi connectivity index (χ0n) is 14.3. The topological polar surface area (TPSA) is 49.0 Å². The number of rotatable bonds is 5. The van der Waals surface area contributed by atoms with Gasteiger partial charge >= 0.3 is 0 Å². The maximum Gasteiger partial charge on any atom is 0.275 e. The van der Waals surface area contributed by atoms with Gasteiger partial charge in [-0.2, -0.15) is 5.10 Å². The summed E-state index contributed by atoms with van der Waals surface area (Å²) in [6, 6.07) is 9.03. The molecule has 0 aliphatic heterocycles. The first-order valence-corrected chi connectivity index (χ1v) is 9.21. The average molecular weight is 323 g/mol. The molecular formula is C20H25N3O. The molecule has 24 heavy (non-hydrogen) atoms. The molecule has 2 aliphatic rings. The molecule has 0 unspecified atom stereocenters. The third-order valence-corrected chi connectivity index (χ3v) is 5.29. The van der Waals surface area contributed by atoms with Crippen molar-refractivity contribution in [2.45, 2.75) is 64.5 Å². The number of nitrogens with zero attached hydrogens (tertiary/aromatic N) is 2. The van der Waals surface area contributed by atoms with E-state index in [0.29, 0.717) is 18.3 Å². The Kier molecular flexibility index (Phi) is 4.13. The first-order valence-electron chi connectivity index (χ1n) is 9.21. The standard InChI is InChI=1S/C20H25N3O/c1-2-14-7-9-15(10-8-14)13-23(16-11-12-16)20(24)19-17-5-3-4-6-18(17)21-22-19/h7-10,16H,2-6,11-13H2,1H3,(H,21,22). The van der Waals surface area contributed by atoms with Gasteiger partial charge in [0.1, 0.15) is 0 Å². The van der Waals surface area contributed by atoms with Crippen molar-refractivity contribution in [2.75, 3.05) is 0 Å². The number of aromatic nitrogens is 2. The Morgan fingerprint density at radius 1 is 1.17 bits per heavy atom. The van der Waals surface area contributed by atoms with Gasteiger partial charge in [-0.05, 0) is 56.1 Å². The van der Waals surface area contributed by atoms with E-state index in [0.717, 1.165) is 38.5 Å². The van der Waals surface area contributed by atoms with Crippen LogP contribution in [0.3, 0.4) is 0 Å². The van der Waals surface area contributed by atoms with Crippen LogP contribution < -0.4 is 0 Å². The fraction of sp³-hybridized carbons (Fsp3) is 0.500. The first kappa shape index (κ1) is 15.4. The van der Waals surface area contributed by atoms with Crippen molar-refractivity contribution in [1.82, 2.24) is 15.1 Å². The van der Waals surface area contributed by atoms with Crippen molar-refractivity contribution in [3.05, 3.63) is 52.3 Å². The van der Waals surface area contributed by atoms with Crippen molar-refractivity contribution in [3.8, 4) is 0 Å². The molecule has 4 rings (SSSR count). The van der Waals surface area contributed by atoms with E-state index in [1.807, 2.05) is 4.90 Å². The van der Waals surface area contributed by atoms with E-state index in [1.165, 1.54) is 28.8 Å². The summed E-state index contributed by atoms with van der Waals surface area (Å²) in [5, 5.41) is 7.48. The molecule has 1 amide bonds. The SMILES string of the molecule is CCc1ccc(CN(C(=O)c2n[nH]c3c2CCCC3)C2CC2)cc1. The normalized spacial score (nSPS) is 16.7. The van der Waals surface area contributed by atoms with Crippen LogP contribution in [0.25, 0.3) is 0 Å². The van der Waals surface area contributed by atoms with E-state index in [-0.39, 0.29) is 5.91 Å². The highest BCUT2D eigenvalue weighted by molar-refractivity contribution is 5.94. The molecule has 2 aliphatic carbocycles. The van der Waals surface area contributed by atoms with Crippen LogP contribution in [0.1, 0.15) is 65.5 Å². The number of aryl methyl sites for hydroxylation is 2. The second kappa shape index (κ2) is 6.42. The summed E-state index contributed by atoms with van der Waals surface area (Å²) in [5.74, 6) is 0.108. The number of hydrogen-bond donors (Lipinski definition) is 1. The highest BCUT2D eigenvalue weighted by atomic mass is 16.2. The fourth-order valence-electron chi connectivity index (χ4n) is 3.62. The van der Waals surface area contributed by atoms with Gasteiger partial charge in [0.15, 0.2) is 5.69 Å². The maximum atomic E-state index is 13.1. The van der Waals surface area contributed by atoms with E-state index in [4.69, 9.17) is 0 Å². The van der Waals surface area contributed by atoms with Crippen molar-refractivity contribution >= 4 is 5.91 Å². The predicted octanol–water partition coefficient (Wildman–Crippen LogP) is 3.66. The van der Waals surface area contributed by atoms with Gasteiger partial charge in [0.05, 0.1) is 0 Å². The van der Waals surface area contributed by atoms with Gasteiger partial charge in [-0.3, -0.25) is 9.89 Å². The van der Waals surface area contributed by atoms with Crippen LogP contribution in [-0.2, 0) is 25.8 Å². The molecule has 1 aromatic heterocycles. The molecule has 1 fully saturated rings. The second-order valence-electron chi connectivity index (χ2n) is 7.07. The summed E-state index contributed by atoms with van der Waals surface area (Å²) in [6.45, 7) is 2.85. The van der Waals surface area contributed by atoms with Gasteiger partial charge in [0.2, 0.25) is 0 Å². The number of hydrogen-bond acceptors (Lipinski definition) is 2. The molecule has 1 N–H and O–H groups in total. The number of aromatic amines is 1. The third-order valence-electron chi connectivity index (χ3n) is 5.29. The number of nitrogens with one attached hydrogen (secondary N) is 1. The highest BCUT2D eigenvalue weighted by Crippen LogP contribution is 2.31. The van der Waals surface area contributed by atoms with Gasteiger partial charge in [-0.15, -0.1) is 0 Å². The molecule has 1 aromatic carbocycles. The van der Waals surface area contributed by atoms with E-state index < -0.39 is 0 Å². The van der Waals surface area contributed by atoms with Crippen LogP contribution in [0.2, 0.25) is 0 Å². The van der Waals surface area contributed by atoms with E-state index >= 15 is 0 Å². The zero-order chi connectivity index (χ0) is 16.5. The van der Waals surface area contributed by atoms with Crippen LogP contribution in [-0.4, -0.2) is 27.0 Å². The minimum Gasteiger partial charge on any atom is -0.330 e. The van der Waals surface area contributed by atoms with Crippen molar-refractivity contribution in [1.29, 1.82) is 0 Å². The Morgan fingerprint density at radius 3 is 2.58 bits per heavy atom. The third kappa shape index (κ3) is 2.97. The number of carbonyl (C=O) groups excluding carboxylic acids is 1. The second-order valence-corrected chi connectivity index (χ2v) is 7.07. The van der Waals surface area contributed by atoms with Crippen LogP contribution >= 0.6 is 0 Å². The molecular weight excluding hydrogens is 298 g/mol. The summed E-state index contributed by atoms with van der Waals surface area (Å²) in [7, 11) is 0. The molecule has 0 radical (unpaired) electrons. The number of fused-ring (bicyclic) bond motifs is 1. The predicted molar refractivity (Wildman–Crippen MR) is 93.9 cm³/mol. The smallest absolute Gasteiger partial charge is 0.275 e. The van der Waals surface area contributed by atoms with E-state index in [9.17, 15) is 4.79 Å². The Bertz CT molecular complexity index is 728. The van der Waals surface area contributed by atoms with E-state index in [1.54, 1.807) is 0 Å². The van der Waals surface area contributed by atoms with Crippen molar-refractivity contribution < 1.29 is 4.79 Å². The van der Waals surface area contributed by atoms with Gasteiger partial charge in [-0.1, -0.05) is 31.2 Å². The van der Waals surface area contributed by atoms with Gasteiger partial charge in [-0.25, -0.2) is 0 Å². The Labute approximate surface area is 143 Å². The quantitative estimate of drug-likeness (QED) is 0.913. The average Bonchev–Trinajstić information content (AvgIpc) is 3.38. The van der Waals surface area contributed by atoms with Crippen molar-refractivity contribution in [2.24, 2.45) is 0 Å². The highest BCUT2D eigenvalue weighted by Gasteiger charge is 2.35. The van der Waals surface area contributed by atoms with Gasteiger partial charge in [0, 0.05) is 23.8 Å². The molecule has 4 heteroatoms. The number of benzene rings is 1. The Hall–Kier alpha value is -2.10. The summed E-state index contributed by atoms with van der Waals surface area (Å²) in [5.41, 5.74) is 5.55. The molecule has 0 saturated heterocycles. The zero-order valence-corrected chi connectivity index (χ0v) is 14.3. The van der Waals surface area contributed by atoms with Gasteiger partial charge in [0.25, 0.3) is 5.91 Å². The summed E-state index contributed by atoms with van der Waals surface area (Å²) >= 11 is 0. The fourth-order valence-corrected chi connectivity index (χ4v) is 3.62. The molecule has 0 atom stereocenters. The van der Waals surface area contributed by atoms with Crippen molar-refractivity contribution in [3.63, 3.8) is 0 Å². The van der Waals surface area contributed by atoms with E-state index in [2.05, 4.69) is 41.4 Å². The lowest BCUT2D eigenvalue weighted by Crippen LogP contribution is -2.33. The Morgan fingerprint density at radius 2 is 1.88 bits per heavy atom. The van der Waals surface area contributed by atoms with Crippen LogP contribution in [0.15, 0.2) is 24.3 Å². The molecule has 4 nitrogen and oxygen atoms in total. The summed E-state index contributed by atoms with van der Waals surface area (Å²) in [6.07, 6.45) is 7.64. The summed E-state index contributed by atoms with van der Waals surface area (Å²) in [4.78, 5) is 15.2. The number of H-pyrrole nitrogens is 1. The van der Waals surface area contributed by atoms with Crippen LogP contribution in [0.4, 0.5) is 0 Å². The monoisotopic (exact) mass is 323 g/mol. The van der Waals surface area contributed by atoms with Crippen LogP contribution in [0.5, 0.6) is 0 Å². The number of amides is 1. The largest absolute Gasteiger partial charge is 0.330 e. The maximum absolute atomic E-state index is 13.1. The molecule has 1 heterocycles. The minimum absolute atomic E-state index is 0.108. The molecule has 126 valence electrons. The van der Waals surface area contributed by atoms with Crippen LogP contribution in [0, 0.1) is 0 Å². The lowest BCUT2D eigenvalue weighted by Gasteiger charge is -2.23.